The fourth-order valence-corrected chi connectivity index (χ4v) is 3.94. The van der Waals surface area contributed by atoms with Crippen LogP contribution in [0, 0.1) is 12.7 Å². The van der Waals surface area contributed by atoms with Crippen LogP contribution in [0.15, 0.2) is 54.2 Å². The van der Waals surface area contributed by atoms with Crippen molar-refractivity contribution in [1.29, 1.82) is 0 Å². The number of hydrogen-bond acceptors (Lipinski definition) is 3. The molecule has 1 atom stereocenters. The highest BCUT2D eigenvalue weighted by Gasteiger charge is 2.29. The molecule has 0 saturated carbocycles. The van der Waals surface area contributed by atoms with Crippen molar-refractivity contribution in [2.24, 2.45) is 0 Å². The van der Waals surface area contributed by atoms with Gasteiger partial charge in [-0.3, -0.25) is 9.59 Å². The molecule has 150 valence electrons. The first-order chi connectivity index (χ1) is 14.0. The lowest BCUT2D eigenvalue weighted by Gasteiger charge is -2.25. The van der Waals surface area contributed by atoms with E-state index in [-0.39, 0.29) is 24.1 Å². The highest BCUT2D eigenvalue weighted by molar-refractivity contribution is 6.07. The molecule has 0 aliphatic carbocycles. The number of anilines is 2. The van der Waals surface area contributed by atoms with E-state index < -0.39 is 5.92 Å². The van der Waals surface area contributed by atoms with Crippen LogP contribution in [0.25, 0.3) is 0 Å². The maximum atomic E-state index is 13.3. The van der Waals surface area contributed by atoms with Gasteiger partial charge in [0.2, 0.25) is 5.91 Å². The van der Waals surface area contributed by atoms with Crippen molar-refractivity contribution in [3.05, 3.63) is 71.2 Å². The zero-order valence-electron chi connectivity index (χ0n) is 16.4. The monoisotopic (exact) mass is 393 g/mol. The predicted molar refractivity (Wildman–Crippen MR) is 111 cm³/mol. The minimum absolute atomic E-state index is 0.150. The van der Waals surface area contributed by atoms with E-state index in [1.54, 1.807) is 12.1 Å². The van der Waals surface area contributed by atoms with E-state index in [1.807, 2.05) is 19.1 Å². The van der Waals surface area contributed by atoms with E-state index in [4.69, 9.17) is 0 Å². The Hall–Kier alpha value is -3.15. The van der Waals surface area contributed by atoms with Crippen molar-refractivity contribution in [1.82, 2.24) is 5.32 Å². The molecule has 0 radical (unpaired) electrons. The van der Waals surface area contributed by atoms with Gasteiger partial charge in [0.05, 0.1) is 0 Å². The number of nitrogens with one attached hydrogen (secondary N) is 2. The molecule has 1 saturated heterocycles. The van der Waals surface area contributed by atoms with Gasteiger partial charge in [-0.05, 0) is 55.2 Å². The zero-order valence-corrected chi connectivity index (χ0v) is 16.4. The second-order valence-electron chi connectivity index (χ2n) is 7.62. The van der Waals surface area contributed by atoms with Gasteiger partial charge in [0.25, 0.3) is 5.91 Å². The van der Waals surface area contributed by atoms with E-state index in [0.29, 0.717) is 5.57 Å². The van der Waals surface area contributed by atoms with E-state index in [9.17, 15) is 14.0 Å². The second kappa shape index (κ2) is 8.07. The molecule has 2 aliphatic heterocycles. The van der Waals surface area contributed by atoms with Gasteiger partial charge in [-0.1, -0.05) is 18.2 Å². The summed E-state index contributed by atoms with van der Waals surface area (Å²) in [5.74, 6) is -1.19. The molecule has 0 spiro atoms. The van der Waals surface area contributed by atoms with Crippen LogP contribution in [0.1, 0.15) is 36.3 Å². The van der Waals surface area contributed by atoms with Gasteiger partial charge in [-0.25, -0.2) is 4.39 Å². The Morgan fingerprint density at radius 2 is 1.86 bits per heavy atom. The summed E-state index contributed by atoms with van der Waals surface area (Å²) >= 11 is 0. The summed E-state index contributed by atoms with van der Waals surface area (Å²) in [7, 11) is 0. The normalized spacial score (nSPS) is 19.0. The fraction of sp³-hybridized carbons (Fsp3) is 0.304. The summed E-state index contributed by atoms with van der Waals surface area (Å²) in [4.78, 5) is 27.3. The highest BCUT2D eigenvalue weighted by atomic mass is 19.1. The minimum Gasteiger partial charge on any atom is -0.371 e. The Labute approximate surface area is 169 Å². The Morgan fingerprint density at radius 1 is 1.14 bits per heavy atom. The third-order valence-electron chi connectivity index (χ3n) is 5.63. The van der Waals surface area contributed by atoms with Gasteiger partial charge in [-0.15, -0.1) is 0 Å². The zero-order chi connectivity index (χ0) is 20.4. The van der Waals surface area contributed by atoms with Crippen LogP contribution >= 0.6 is 0 Å². The summed E-state index contributed by atoms with van der Waals surface area (Å²) in [6.07, 6.45) is 3.98. The summed E-state index contributed by atoms with van der Waals surface area (Å²) in [5, 5.41) is 5.65. The molecule has 2 amide bonds. The molecule has 6 heteroatoms. The fourth-order valence-electron chi connectivity index (χ4n) is 3.94. The number of halogens is 1. The van der Waals surface area contributed by atoms with Crippen molar-refractivity contribution < 1.29 is 14.0 Å². The summed E-state index contributed by atoms with van der Waals surface area (Å²) in [5.41, 5.74) is 4.03. The highest BCUT2D eigenvalue weighted by Crippen LogP contribution is 2.32. The summed E-state index contributed by atoms with van der Waals surface area (Å²) in [6.45, 7) is 4.01. The van der Waals surface area contributed by atoms with Crippen LogP contribution in [0.2, 0.25) is 0 Å². The maximum Gasteiger partial charge on any atom is 0.253 e. The van der Waals surface area contributed by atoms with Gasteiger partial charge in [0.1, 0.15) is 5.82 Å². The molecule has 5 nitrogen and oxygen atoms in total. The molecule has 2 aromatic carbocycles. The van der Waals surface area contributed by atoms with E-state index in [2.05, 4.69) is 21.6 Å². The molecule has 4 rings (SSSR count). The van der Waals surface area contributed by atoms with Crippen LogP contribution in [-0.4, -0.2) is 24.9 Å². The number of benzene rings is 2. The van der Waals surface area contributed by atoms with Crippen molar-refractivity contribution in [3.63, 3.8) is 0 Å². The quantitative estimate of drug-likeness (QED) is 0.829. The van der Waals surface area contributed by atoms with E-state index in [1.165, 1.54) is 31.2 Å². The number of carbonyl (C=O) groups is 2. The van der Waals surface area contributed by atoms with Crippen LogP contribution < -0.4 is 15.5 Å². The molecule has 2 heterocycles. The Bertz CT molecular complexity index is 963. The molecule has 2 N–H and O–H groups in total. The smallest absolute Gasteiger partial charge is 0.253 e. The SMILES string of the molecule is Cc1ccc(N2CCCC2)cc1NC(=O)C1=CNC(=O)C[C@H]1c1ccc(F)cc1. The van der Waals surface area contributed by atoms with Gasteiger partial charge in [0.15, 0.2) is 0 Å². The number of amides is 2. The van der Waals surface area contributed by atoms with Crippen molar-refractivity contribution in [2.45, 2.75) is 32.1 Å². The lowest BCUT2D eigenvalue weighted by atomic mass is 9.86. The topological polar surface area (TPSA) is 61.4 Å². The van der Waals surface area contributed by atoms with Gasteiger partial charge in [0, 0.05) is 48.6 Å². The van der Waals surface area contributed by atoms with Crippen LogP contribution in [-0.2, 0) is 9.59 Å². The molecule has 1 fully saturated rings. The maximum absolute atomic E-state index is 13.3. The number of hydrogen-bond donors (Lipinski definition) is 2. The number of nitrogens with zero attached hydrogens (tertiary/aromatic N) is 1. The van der Waals surface area contributed by atoms with Crippen molar-refractivity contribution in [3.8, 4) is 0 Å². The average Bonchev–Trinajstić information content (AvgIpc) is 3.25. The Morgan fingerprint density at radius 3 is 2.59 bits per heavy atom. The molecule has 0 bridgehead atoms. The van der Waals surface area contributed by atoms with Gasteiger partial charge >= 0.3 is 0 Å². The third-order valence-corrected chi connectivity index (χ3v) is 5.63. The number of carbonyl (C=O) groups excluding carboxylic acids is 2. The number of aryl methyl sites for hydroxylation is 1. The summed E-state index contributed by atoms with van der Waals surface area (Å²) < 4.78 is 13.3. The molecule has 0 aromatic heterocycles. The van der Waals surface area contributed by atoms with Gasteiger partial charge in [-0.2, -0.15) is 0 Å². The van der Waals surface area contributed by atoms with Crippen LogP contribution in [0.4, 0.5) is 15.8 Å². The molecule has 0 unspecified atom stereocenters. The largest absolute Gasteiger partial charge is 0.371 e. The van der Waals surface area contributed by atoms with Crippen molar-refractivity contribution >= 4 is 23.2 Å². The van der Waals surface area contributed by atoms with Crippen LogP contribution in [0.3, 0.4) is 0 Å². The third kappa shape index (κ3) is 4.16. The average molecular weight is 393 g/mol. The first-order valence-electron chi connectivity index (χ1n) is 9.93. The van der Waals surface area contributed by atoms with E-state index >= 15 is 0 Å². The number of rotatable bonds is 4. The first kappa shape index (κ1) is 19.2. The molecular formula is C23H24FN3O2. The Kier molecular flexibility index (Phi) is 5.34. The Balaban J connectivity index is 1.58. The molecule has 2 aromatic rings. The molecular weight excluding hydrogens is 369 g/mol. The summed E-state index contributed by atoms with van der Waals surface area (Å²) in [6, 6.07) is 12.0. The lowest BCUT2D eigenvalue weighted by Crippen LogP contribution is -2.32. The second-order valence-corrected chi connectivity index (χ2v) is 7.62. The molecule has 29 heavy (non-hydrogen) atoms. The molecule has 2 aliphatic rings. The predicted octanol–water partition coefficient (Wildman–Crippen LogP) is 3.86. The van der Waals surface area contributed by atoms with E-state index in [0.717, 1.165) is 35.6 Å². The van der Waals surface area contributed by atoms with Gasteiger partial charge < -0.3 is 15.5 Å². The van der Waals surface area contributed by atoms with Crippen LogP contribution in [0.5, 0.6) is 0 Å². The van der Waals surface area contributed by atoms with Crippen molar-refractivity contribution in [2.75, 3.05) is 23.3 Å². The standard InChI is InChI=1S/C23H24FN3O2/c1-15-4-9-18(27-10-2-3-11-27)12-21(15)26-23(29)20-14-25-22(28)13-19(20)16-5-7-17(24)8-6-16/h4-9,12,14,19H,2-3,10-11,13H2,1H3,(H,25,28)(H,26,29)/t19-/m0/s1. The minimum atomic E-state index is -0.411. The lowest BCUT2D eigenvalue weighted by molar-refractivity contribution is -0.121. The first-order valence-corrected chi connectivity index (χ1v) is 9.93.